The van der Waals surface area contributed by atoms with Crippen molar-refractivity contribution in [2.45, 2.75) is 5.75 Å². The van der Waals surface area contributed by atoms with Crippen LogP contribution in [-0.4, -0.2) is 23.0 Å². The van der Waals surface area contributed by atoms with Crippen LogP contribution >= 0.6 is 11.6 Å². The fourth-order valence-corrected chi connectivity index (χ4v) is 3.29. The highest BCUT2D eigenvalue weighted by atomic mass is 35.5. The Morgan fingerprint density at radius 1 is 1.30 bits per heavy atom. The zero-order valence-corrected chi connectivity index (χ0v) is 13.9. The molecule has 1 amide bonds. The summed E-state index contributed by atoms with van der Waals surface area (Å²) in [5.41, 5.74) is 1.10. The Kier molecular flexibility index (Phi) is 6.12. The Morgan fingerprint density at radius 2 is 2.09 bits per heavy atom. The van der Waals surface area contributed by atoms with Crippen LogP contribution in [0.2, 0.25) is 5.02 Å². The Balaban J connectivity index is 1.93. The van der Waals surface area contributed by atoms with Crippen molar-refractivity contribution < 1.29 is 18.1 Å². The molecule has 4 nitrogen and oxygen atoms in total. The SMILES string of the molecule is COc1cccc(NC(=O)CS(=O)Cc2ccc(F)cc2Cl)c1. The molecule has 0 aliphatic carbocycles. The molecule has 7 heteroatoms. The lowest BCUT2D eigenvalue weighted by Crippen LogP contribution is -2.20. The highest BCUT2D eigenvalue weighted by molar-refractivity contribution is 7.85. The number of hydrogen-bond acceptors (Lipinski definition) is 3. The highest BCUT2D eigenvalue weighted by Crippen LogP contribution is 2.19. The van der Waals surface area contributed by atoms with Crippen molar-refractivity contribution in [3.05, 3.63) is 58.9 Å². The van der Waals surface area contributed by atoms with E-state index in [0.717, 1.165) is 6.07 Å². The van der Waals surface area contributed by atoms with E-state index in [1.54, 1.807) is 24.3 Å². The second-order valence-electron chi connectivity index (χ2n) is 4.74. The molecule has 0 saturated heterocycles. The van der Waals surface area contributed by atoms with Crippen molar-refractivity contribution in [2.24, 2.45) is 0 Å². The maximum atomic E-state index is 13.0. The Bertz CT molecular complexity index is 739. The molecule has 1 unspecified atom stereocenters. The number of methoxy groups -OCH3 is 1. The van der Waals surface area contributed by atoms with E-state index in [1.165, 1.54) is 19.2 Å². The van der Waals surface area contributed by atoms with Crippen LogP contribution in [0.3, 0.4) is 0 Å². The van der Waals surface area contributed by atoms with Crippen molar-refractivity contribution >= 4 is 34.0 Å². The van der Waals surface area contributed by atoms with Gasteiger partial charge in [0.1, 0.15) is 17.3 Å². The topological polar surface area (TPSA) is 55.4 Å². The number of nitrogens with one attached hydrogen (secondary N) is 1. The molecule has 23 heavy (non-hydrogen) atoms. The van der Waals surface area contributed by atoms with E-state index in [2.05, 4.69) is 5.32 Å². The molecule has 2 aromatic rings. The highest BCUT2D eigenvalue weighted by Gasteiger charge is 2.12. The smallest absolute Gasteiger partial charge is 0.237 e. The summed E-state index contributed by atoms with van der Waals surface area (Å²) in [4.78, 5) is 11.9. The van der Waals surface area contributed by atoms with Crippen LogP contribution < -0.4 is 10.1 Å². The zero-order valence-electron chi connectivity index (χ0n) is 12.3. The summed E-state index contributed by atoms with van der Waals surface area (Å²) in [6.45, 7) is 0. The van der Waals surface area contributed by atoms with Gasteiger partial charge >= 0.3 is 0 Å². The second kappa shape index (κ2) is 8.08. The van der Waals surface area contributed by atoms with Crippen molar-refractivity contribution in [1.82, 2.24) is 0 Å². The first-order chi connectivity index (χ1) is 11.0. The van der Waals surface area contributed by atoms with Gasteiger partial charge in [-0.2, -0.15) is 0 Å². The minimum Gasteiger partial charge on any atom is -0.497 e. The molecule has 0 bridgehead atoms. The van der Waals surface area contributed by atoms with Gasteiger partial charge in [0.05, 0.1) is 12.9 Å². The number of ether oxygens (including phenoxy) is 1. The number of carbonyl (C=O) groups excluding carboxylic acids is 1. The van der Waals surface area contributed by atoms with Gasteiger partial charge < -0.3 is 10.1 Å². The van der Waals surface area contributed by atoms with Gasteiger partial charge in [-0.25, -0.2) is 4.39 Å². The fraction of sp³-hybridized carbons (Fsp3) is 0.188. The van der Waals surface area contributed by atoms with E-state index < -0.39 is 16.6 Å². The van der Waals surface area contributed by atoms with Crippen molar-refractivity contribution in [3.63, 3.8) is 0 Å². The molecule has 0 spiro atoms. The lowest BCUT2D eigenvalue weighted by Gasteiger charge is -2.08. The summed E-state index contributed by atoms with van der Waals surface area (Å²) in [6, 6.07) is 10.7. The van der Waals surface area contributed by atoms with E-state index >= 15 is 0 Å². The van der Waals surface area contributed by atoms with Crippen molar-refractivity contribution in [3.8, 4) is 5.75 Å². The molecule has 1 atom stereocenters. The standard InChI is InChI=1S/C16H15ClFNO3S/c1-22-14-4-2-3-13(8-14)19-16(20)10-23(21)9-11-5-6-12(18)7-15(11)17/h2-8H,9-10H2,1H3,(H,19,20). The fourth-order valence-electron chi connectivity index (χ4n) is 1.91. The minimum atomic E-state index is -1.45. The normalized spacial score (nSPS) is 11.8. The maximum Gasteiger partial charge on any atom is 0.237 e. The molecule has 0 aliphatic heterocycles. The van der Waals surface area contributed by atoms with Crippen molar-refractivity contribution in [2.75, 3.05) is 18.2 Å². The van der Waals surface area contributed by atoms with Crippen LogP contribution in [0.5, 0.6) is 5.75 Å². The van der Waals surface area contributed by atoms with Crippen LogP contribution in [0.25, 0.3) is 0 Å². The van der Waals surface area contributed by atoms with Gasteiger partial charge in [0.25, 0.3) is 0 Å². The molecule has 2 aromatic carbocycles. The number of rotatable bonds is 6. The molecule has 0 aliphatic rings. The van der Waals surface area contributed by atoms with Crippen LogP contribution in [-0.2, 0) is 21.3 Å². The molecule has 0 aromatic heterocycles. The average Bonchev–Trinajstić information content (AvgIpc) is 2.50. The minimum absolute atomic E-state index is 0.0879. The molecule has 1 N–H and O–H groups in total. The molecule has 0 saturated carbocycles. The van der Waals surface area contributed by atoms with Gasteiger partial charge in [0, 0.05) is 27.6 Å². The van der Waals surface area contributed by atoms with Crippen LogP contribution in [0.15, 0.2) is 42.5 Å². The summed E-state index contributed by atoms with van der Waals surface area (Å²) < 4.78 is 30.1. The van der Waals surface area contributed by atoms with E-state index in [4.69, 9.17) is 16.3 Å². The lowest BCUT2D eigenvalue weighted by atomic mass is 10.2. The van der Waals surface area contributed by atoms with Crippen molar-refractivity contribution in [1.29, 1.82) is 0 Å². The second-order valence-corrected chi connectivity index (χ2v) is 6.61. The first-order valence-electron chi connectivity index (χ1n) is 6.70. The van der Waals surface area contributed by atoms with Crippen LogP contribution in [0.4, 0.5) is 10.1 Å². The van der Waals surface area contributed by atoms with E-state index in [1.807, 2.05) is 0 Å². The zero-order chi connectivity index (χ0) is 16.8. The summed E-state index contributed by atoms with van der Waals surface area (Å²) in [5, 5.41) is 2.85. The van der Waals surface area contributed by atoms with Gasteiger partial charge in [0.15, 0.2) is 0 Å². The summed E-state index contributed by atoms with van der Waals surface area (Å²) >= 11 is 5.88. The van der Waals surface area contributed by atoms with E-state index in [9.17, 15) is 13.4 Å². The Morgan fingerprint density at radius 3 is 2.78 bits per heavy atom. The Hall–Kier alpha value is -1.92. The maximum absolute atomic E-state index is 13.0. The van der Waals surface area contributed by atoms with Gasteiger partial charge in [-0.3, -0.25) is 9.00 Å². The van der Waals surface area contributed by atoms with Crippen LogP contribution in [0, 0.1) is 5.82 Å². The molecule has 0 radical (unpaired) electrons. The monoisotopic (exact) mass is 355 g/mol. The van der Waals surface area contributed by atoms with Gasteiger partial charge in [0.2, 0.25) is 5.91 Å². The average molecular weight is 356 g/mol. The number of benzene rings is 2. The third-order valence-electron chi connectivity index (χ3n) is 2.98. The van der Waals surface area contributed by atoms with Gasteiger partial charge in [-0.15, -0.1) is 0 Å². The number of amides is 1. The Labute approximate surface area is 141 Å². The number of anilines is 1. The summed E-state index contributed by atoms with van der Waals surface area (Å²) in [7, 11) is 0.0812. The molecule has 0 heterocycles. The quantitative estimate of drug-likeness (QED) is 0.864. The van der Waals surface area contributed by atoms with E-state index in [0.29, 0.717) is 17.0 Å². The predicted molar refractivity (Wildman–Crippen MR) is 89.7 cm³/mol. The van der Waals surface area contributed by atoms with E-state index in [-0.39, 0.29) is 22.4 Å². The van der Waals surface area contributed by atoms with Gasteiger partial charge in [-0.1, -0.05) is 23.7 Å². The third-order valence-corrected chi connectivity index (χ3v) is 4.55. The number of halogens is 2. The predicted octanol–water partition coefficient (Wildman–Crippen LogP) is 3.38. The third kappa shape index (κ3) is 5.33. The summed E-state index contributed by atoms with van der Waals surface area (Å²) in [5.74, 6) is -0.313. The molecule has 2 rings (SSSR count). The first kappa shape index (κ1) is 17.4. The molecule has 122 valence electrons. The molecular formula is C16H15ClFNO3S. The summed E-state index contributed by atoms with van der Waals surface area (Å²) in [6.07, 6.45) is 0. The lowest BCUT2D eigenvalue weighted by molar-refractivity contribution is -0.113. The first-order valence-corrected chi connectivity index (χ1v) is 8.57. The molecule has 0 fully saturated rings. The molecular weight excluding hydrogens is 341 g/mol. The van der Waals surface area contributed by atoms with Crippen LogP contribution in [0.1, 0.15) is 5.56 Å². The largest absolute Gasteiger partial charge is 0.497 e. The number of carbonyl (C=O) groups is 1. The number of hydrogen-bond donors (Lipinski definition) is 1. The van der Waals surface area contributed by atoms with Gasteiger partial charge in [-0.05, 0) is 29.8 Å².